The van der Waals surface area contributed by atoms with Crippen molar-refractivity contribution in [3.8, 4) is 0 Å². The van der Waals surface area contributed by atoms with E-state index < -0.39 is 0 Å². The van der Waals surface area contributed by atoms with Crippen LogP contribution in [0.2, 0.25) is 0 Å². The highest BCUT2D eigenvalue weighted by Gasteiger charge is 2.46. The molecular weight excluding hydrogens is 268 g/mol. The maximum Gasteiger partial charge on any atom is 0.170 e. The lowest BCUT2D eigenvalue weighted by atomic mass is 9.84. The summed E-state index contributed by atoms with van der Waals surface area (Å²) in [5, 5.41) is 3.68. The van der Waals surface area contributed by atoms with Crippen LogP contribution in [0.3, 0.4) is 0 Å². The monoisotopic (exact) mass is 298 g/mol. The van der Waals surface area contributed by atoms with Crippen molar-refractivity contribution in [1.29, 1.82) is 0 Å². The Labute approximate surface area is 128 Å². The molecule has 1 spiro atoms. The minimum Gasteiger partial charge on any atom is -0.377 e. The summed E-state index contributed by atoms with van der Waals surface area (Å²) in [6.07, 6.45) is 4.56. The maximum absolute atomic E-state index is 5.98. The van der Waals surface area contributed by atoms with Gasteiger partial charge in [-0.1, -0.05) is 6.92 Å². The normalized spacial score (nSPS) is 37.7. The Hall–Kier alpha value is -0.200. The summed E-state index contributed by atoms with van der Waals surface area (Å²) in [7, 11) is 0. The zero-order valence-electron chi connectivity index (χ0n) is 13.5. The molecule has 2 aliphatic heterocycles. The topological polar surface area (TPSA) is 43.0 Å². The quantitative estimate of drug-likeness (QED) is 0.852. The highest BCUT2D eigenvalue weighted by Crippen LogP contribution is 2.38. The third-order valence-electron chi connectivity index (χ3n) is 5.05. The van der Waals surface area contributed by atoms with E-state index in [1.807, 2.05) is 0 Å². The minimum atomic E-state index is -0.313. The van der Waals surface area contributed by atoms with Gasteiger partial charge in [0.2, 0.25) is 0 Å². The van der Waals surface area contributed by atoms with Gasteiger partial charge in [0, 0.05) is 44.6 Å². The Bertz CT molecular complexity index is 333. The number of rotatable bonds is 3. The lowest BCUT2D eigenvalue weighted by Crippen LogP contribution is -2.58. The molecule has 1 saturated carbocycles. The molecular formula is C16H30N2O3. The number of nitrogens with zero attached hydrogens (tertiary/aromatic N) is 1. The van der Waals surface area contributed by atoms with Crippen molar-refractivity contribution in [2.24, 2.45) is 0 Å². The Morgan fingerprint density at radius 2 is 2.05 bits per heavy atom. The van der Waals surface area contributed by atoms with Gasteiger partial charge in [0.1, 0.15) is 0 Å². The van der Waals surface area contributed by atoms with E-state index in [0.29, 0.717) is 18.2 Å². The molecule has 2 heterocycles. The number of hydrogen-bond acceptors (Lipinski definition) is 5. The fourth-order valence-corrected chi connectivity index (χ4v) is 4.10. The number of ether oxygens (including phenoxy) is 3. The zero-order chi connectivity index (χ0) is 14.7. The van der Waals surface area contributed by atoms with Gasteiger partial charge in [0.15, 0.2) is 5.79 Å². The Morgan fingerprint density at radius 1 is 1.24 bits per heavy atom. The molecule has 3 rings (SSSR count). The lowest BCUT2D eigenvalue weighted by Gasteiger charge is -2.46. The first-order chi connectivity index (χ1) is 10.2. The van der Waals surface area contributed by atoms with Crippen molar-refractivity contribution >= 4 is 0 Å². The molecule has 0 radical (unpaired) electrons. The highest BCUT2D eigenvalue weighted by molar-refractivity contribution is 4.97. The van der Waals surface area contributed by atoms with Crippen molar-refractivity contribution in [1.82, 2.24) is 10.2 Å². The van der Waals surface area contributed by atoms with E-state index in [1.54, 1.807) is 0 Å². The summed E-state index contributed by atoms with van der Waals surface area (Å²) in [4.78, 5) is 2.61. The van der Waals surface area contributed by atoms with E-state index in [0.717, 1.165) is 65.1 Å². The van der Waals surface area contributed by atoms with E-state index in [2.05, 4.69) is 24.1 Å². The third-order valence-corrected chi connectivity index (χ3v) is 5.05. The van der Waals surface area contributed by atoms with Crippen LogP contribution in [-0.2, 0) is 14.2 Å². The number of likely N-dealkylation sites (N-methyl/N-ethyl adjacent to an activating group) is 1. The van der Waals surface area contributed by atoms with Gasteiger partial charge in [-0.3, -0.25) is 4.90 Å². The number of hydrogen-bond donors (Lipinski definition) is 1. The van der Waals surface area contributed by atoms with Crippen molar-refractivity contribution in [3.05, 3.63) is 0 Å². The van der Waals surface area contributed by atoms with Gasteiger partial charge in [0.05, 0.1) is 19.3 Å². The van der Waals surface area contributed by atoms with E-state index >= 15 is 0 Å². The molecule has 0 aromatic rings. The standard InChI is InChI=1S/C16H30N2O3/c1-3-17-14-5-6-16(20-9-10-21-16)11-15(14)18-7-4-8-19-13(2)12-18/h13-15,17H,3-12H2,1-2H3. The molecule has 1 aliphatic carbocycles. The Morgan fingerprint density at radius 3 is 2.81 bits per heavy atom. The van der Waals surface area contributed by atoms with Crippen molar-refractivity contribution in [2.75, 3.05) is 39.5 Å². The maximum atomic E-state index is 5.98. The van der Waals surface area contributed by atoms with E-state index in [9.17, 15) is 0 Å². The Kier molecular flexibility index (Phi) is 5.17. The minimum absolute atomic E-state index is 0.313. The van der Waals surface area contributed by atoms with Gasteiger partial charge >= 0.3 is 0 Å². The molecule has 0 bridgehead atoms. The molecule has 0 aromatic carbocycles. The van der Waals surface area contributed by atoms with Crippen molar-refractivity contribution in [2.45, 2.75) is 63.5 Å². The van der Waals surface area contributed by atoms with Gasteiger partial charge in [-0.05, 0) is 26.3 Å². The molecule has 1 N–H and O–H groups in total. The van der Waals surface area contributed by atoms with Crippen LogP contribution >= 0.6 is 0 Å². The molecule has 3 aliphatic rings. The summed E-state index contributed by atoms with van der Waals surface area (Å²) in [6.45, 7) is 9.91. The highest BCUT2D eigenvalue weighted by atomic mass is 16.7. The second-order valence-corrected chi connectivity index (χ2v) is 6.61. The van der Waals surface area contributed by atoms with Crippen molar-refractivity contribution < 1.29 is 14.2 Å². The van der Waals surface area contributed by atoms with E-state index in [1.165, 1.54) is 0 Å². The van der Waals surface area contributed by atoms with Crippen LogP contribution in [0.25, 0.3) is 0 Å². The van der Waals surface area contributed by atoms with Crippen LogP contribution in [0.15, 0.2) is 0 Å². The van der Waals surface area contributed by atoms with Gasteiger partial charge < -0.3 is 19.5 Å². The molecule has 21 heavy (non-hydrogen) atoms. The second kappa shape index (κ2) is 6.92. The van der Waals surface area contributed by atoms with Crippen LogP contribution in [0, 0.1) is 0 Å². The Balaban J connectivity index is 1.72. The average molecular weight is 298 g/mol. The fourth-order valence-electron chi connectivity index (χ4n) is 4.10. The number of nitrogens with one attached hydrogen (secondary N) is 1. The van der Waals surface area contributed by atoms with Crippen molar-refractivity contribution in [3.63, 3.8) is 0 Å². The van der Waals surface area contributed by atoms with Gasteiger partial charge in [-0.2, -0.15) is 0 Å². The molecule has 5 nitrogen and oxygen atoms in total. The van der Waals surface area contributed by atoms with Crippen LogP contribution in [-0.4, -0.2) is 68.3 Å². The first-order valence-corrected chi connectivity index (χ1v) is 8.59. The summed E-state index contributed by atoms with van der Waals surface area (Å²) in [5.74, 6) is -0.313. The second-order valence-electron chi connectivity index (χ2n) is 6.61. The molecule has 3 unspecified atom stereocenters. The first kappa shape index (κ1) is 15.7. The van der Waals surface area contributed by atoms with Gasteiger partial charge in [0.25, 0.3) is 0 Å². The van der Waals surface area contributed by atoms with Gasteiger partial charge in [-0.25, -0.2) is 0 Å². The van der Waals surface area contributed by atoms with Crippen LogP contribution in [0.5, 0.6) is 0 Å². The zero-order valence-corrected chi connectivity index (χ0v) is 13.5. The van der Waals surface area contributed by atoms with Gasteiger partial charge in [-0.15, -0.1) is 0 Å². The van der Waals surface area contributed by atoms with Crippen LogP contribution < -0.4 is 5.32 Å². The molecule has 3 atom stereocenters. The summed E-state index contributed by atoms with van der Waals surface area (Å²) < 4.78 is 17.8. The van der Waals surface area contributed by atoms with E-state index in [4.69, 9.17) is 14.2 Å². The molecule has 5 heteroatoms. The summed E-state index contributed by atoms with van der Waals surface area (Å²) in [6, 6.07) is 1.03. The smallest absolute Gasteiger partial charge is 0.170 e. The molecule has 3 fully saturated rings. The molecule has 0 amide bonds. The van der Waals surface area contributed by atoms with Crippen LogP contribution in [0.1, 0.15) is 39.5 Å². The summed E-state index contributed by atoms with van der Waals surface area (Å²) in [5.41, 5.74) is 0. The largest absolute Gasteiger partial charge is 0.377 e. The average Bonchev–Trinajstić information content (AvgIpc) is 2.81. The predicted molar refractivity (Wildman–Crippen MR) is 81.3 cm³/mol. The van der Waals surface area contributed by atoms with Crippen LogP contribution in [0.4, 0.5) is 0 Å². The predicted octanol–water partition coefficient (Wildman–Crippen LogP) is 1.37. The first-order valence-electron chi connectivity index (χ1n) is 8.59. The molecule has 2 saturated heterocycles. The lowest BCUT2D eigenvalue weighted by molar-refractivity contribution is -0.193. The third kappa shape index (κ3) is 3.59. The van der Waals surface area contributed by atoms with E-state index in [-0.39, 0.29) is 5.79 Å². The SMILES string of the molecule is CCNC1CCC2(CC1N1CCCOC(C)C1)OCCO2. The molecule has 0 aromatic heterocycles. The fraction of sp³-hybridized carbons (Fsp3) is 1.00. The molecule has 122 valence electrons. The summed E-state index contributed by atoms with van der Waals surface area (Å²) >= 11 is 0.